The van der Waals surface area contributed by atoms with Crippen LogP contribution < -0.4 is 0 Å². The highest BCUT2D eigenvalue weighted by Crippen LogP contribution is 2.42. The van der Waals surface area contributed by atoms with E-state index in [1.807, 2.05) is 18.2 Å². The topological polar surface area (TPSA) is 37.3 Å². The minimum Gasteiger partial charge on any atom is -0.481 e. The predicted octanol–water partition coefficient (Wildman–Crippen LogP) is 3.09. The molecular weight excluding hydrogens is 212 g/mol. The second-order valence-electron chi connectivity index (χ2n) is 4.08. The molecule has 80 valence electrons. The van der Waals surface area contributed by atoms with E-state index in [4.69, 9.17) is 16.7 Å². The van der Waals surface area contributed by atoms with E-state index in [-0.39, 0.29) is 11.8 Å². The zero-order chi connectivity index (χ0) is 11.0. The summed E-state index contributed by atoms with van der Waals surface area (Å²) in [6.45, 7) is 1.76. The minimum absolute atomic E-state index is 0.0752. The standard InChI is InChI=1S/C12H13ClO2/c1-7(12(14)15)9-6-5-8-3-2-4-10(13)11(8)9/h2-4,7,9H,5-6H2,1H3,(H,14,15). The summed E-state index contributed by atoms with van der Waals surface area (Å²) >= 11 is 6.12. The van der Waals surface area contributed by atoms with Crippen LogP contribution in [0.1, 0.15) is 30.4 Å². The number of carboxylic acid groups (broad SMARTS) is 1. The number of hydrogen-bond acceptors (Lipinski definition) is 1. The molecule has 2 nitrogen and oxygen atoms in total. The number of rotatable bonds is 2. The van der Waals surface area contributed by atoms with Crippen LogP contribution in [0.25, 0.3) is 0 Å². The van der Waals surface area contributed by atoms with Crippen LogP contribution in [0.15, 0.2) is 18.2 Å². The number of carbonyl (C=O) groups is 1. The van der Waals surface area contributed by atoms with Crippen LogP contribution in [0.2, 0.25) is 5.02 Å². The summed E-state index contributed by atoms with van der Waals surface area (Å²) in [5.74, 6) is -1.02. The molecule has 0 aliphatic heterocycles. The normalized spacial score (nSPS) is 21.1. The van der Waals surface area contributed by atoms with Crippen molar-refractivity contribution < 1.29 is 9.90 Å². The van der Waals surface area contributed by atoms with Crippen LogP contribution in [-0.2, 0) is 11.2 Å². The SMILES string of the molecule is CC(C(=O)O)C1CCc2cccc(Cl)c21. The quantitative estimate of drug-likeness (QED) is 0.838. The Bertz CT molecular complexity index is 401. The van der Waals surface area contributed by atoms with Crippen LogP contribution in [0.5, 0.6) is 0 Å². The maximum atomic E-state index is 11.0. The molecule has 0 amide bonds. The van der Waals surface area contributed by atoms with Gasteiger partial charge in [-0.1, -0.05) is 30.7 Å². The molecule has 1 aliphatic carbocycles. The minimum atomic E-state index is -0.743. The molecule has 0 fully saturated rings. The third-order valence-corrected chi connectivity index (χ3v) is 3.56. The average molecular weight is 225 g/mol. The maximum Gasteiger partial charge on any atom is 0.306 e. The van der Waals surface area contributed by atoms with E-state index in [2.05, 4.69) is 0 Å². The third kappa shape index (κ3) is 1.74. The van der Waals surface area contributed by atoms with E-state index in [0.717, 1.165) is 18.4 Å². The fourth-order valence-corrected chi connectivity index (χ4v) is 2.68. The largest absolute Gasteiger partial charge is 0.481 e. The molecule has 0 saturated carbocycles. The number of hydrogen-bond donors (Lipinski definition) is 1. The number of halogens is 1. The van der Waals surface area contributed by atoms with Crippen LogP contribution in [0.4, 0.5) is 0 Å². The zero-order valence-electron chi connectivity index (χ0n) is 8.53. The molecule has 0 saturated heterocycles. The van der Waals surface area contributed by atoms with Crippen molar-refractivity contribution in [2.24, 2.45) is 5.92 Å². The summed E-state index contributed by atoms with van der Waals surface area (Å²) in [7, 11) is 0. The van der Waals surface area contributed by atoms with Gasteiger partial charge in [0.1, 0.15) is 0 Å². The summed E-state index contributed by atoms with van der Waals surface area (Å²) in [6.07, 6.45) is 1.84. The van der Waals surface area contributed by atoms with Gasteiger partial charge in [0.2, 0.25) is 0 Å². The van der Waals surface area contributed by atoms with Crippen molar-refractivity contribution in [1.29, 1.82) is 0 Å². The van der Waals surface area contributed by atoms with Gasteiger partial charge in [0.15, 0.2) is 0 Å². The first kappa shape index (κ1) is 10.5. The van der Waals surface area contributed by atoms with Gasteiger partial charge in [-0.05, 0) is 36.0 Å². The van der Waals surface area contributed by atoms with E-state index < -0.39 is 5.97 Å². The molecule has 1 aromatic carbocycles. The summed E-state index contributed by atoms with van der Waals surface area (Å²) in [4.78, 5) is 11.0. The van der Waals surface area contributed by atoms with Gasteiger partial charge in [-0.3, -0.25) is 4.79 Å². The molecule has 2 rings (SSSR count). The van der Waals surface area contributed by atoms with Gasteiger partial charge in [0, 0.05) is 5.02 Å². The van der Waals surface area contributed by atoms with Crippen molar-refractivity contribution in [3.8, 4) is 0 Å². The summed E-state index contributed by atoms with van der Waals surface area (Å²) in [6, 6.07) is 5.80. The lowest BCUT2D eigenvalue weighted by molar-refractivity contribution is -0.141. The van der Waals surface area contributed by atoms with Crippen LogP contribution in [0, 0.1) is 5.92 Å². The van der Waals surface area contributed by atoms with Gasteiger partial charge >= 0.3 is 5.97 Å². The van der Waals surface area contributed by atoms with Crippen molar-refractivity contribution in [1.82, 2.24) is 0 Å². The van der Waals surface area contributed by atoms with Crippen molar-refractivity contribution in [3.63, 3.8) is 0 Å². The summed E-state index contributed by atoms with van der Waals surface area (Å²) in [5, 5.41) is 9.73. The molecule has 0 spiro atoms. The lowest BCUT2D eigenvalue weighted by Crippen LogP contribution is -2.17. The Morgan fingerprint density at radius 3 is 3.00 bits per heavy atom. The van der Waals surface area contributed by atoms with E-state index >= 15 is 0 Å². The highest BCUT2D eigenvalue weighted by Gasteiger charge is 2.32. The molecule has 2 atom stereocenters. The monoisotopic (exact) mass is 224 g/mol. The van der Waals surface area contributed by atoms with Gasteiger partial charge < -0.3 is 5.11 Å². The van der Waals surface area contributed by atoms with Gasteiger partial charge in [0.25, 0.3) is 0 Å². The second kappa shape index (κ2) is 3.86. The number of aliphatic carboxylic acids is 1. The molecule has 3 heteroatoms. The van der Waals surface area contributed by atoms with E-state index in [1.54, 1.807) is 6.92 Å². The van der Waals surface area contributed by atoms with Gasteiger partial charge in [0.05, 0.1) is 5.92 Å². The number of fused-ring (bicyclic) bond motifs is 1. The number of carboxylic acids is 1. The molecule has 0 bridgehead atoms. The molecule has 1 aliphatic rings. The molecule has 1 aromatic rings. The smallest absolute Gasteiger partial charge is 0.306 e. The Kier molecular flexibility index (Phi) is 2.70. The Hall–Kier alpha value is -1.02. The molecule has 0 heterocycles. The first-order chi connectivity index (χ1) is 7.11. The Balaban J connectivity index is 2.39. The highest BCUT2D eigenvalue weighted by molar-refractivity contribution is 6.31. The fraction of sp³-hybridized carbons (Fsp3) is 0.417. The summed E-state index contributed by atoms with van der Waals surface area (Å²) < 4.78 is 0. The van der Waals surface area contributed by atoms with Crippen LogP contribution in [0.3, 0.4) is 0 Å². The maximum absolute atomic E-state index is 11.0. The first-order valence-corrected chi connectivity index (χ1v) is 5.49. The van der Waals surface area contributed by atoms with Crippen molar-refractivity contribution >= 4 is 17.6 Å². The van der Waals surface area contributed by atoms with Gasteiger partial charge in [-0.25, -0.2) is 0 Å². The molecule has 0 aromatic heterocycles. The molecule has 15 heavy (non-hydrogen) atoms. The number of benzene rings is 1. The fourth-order valence-electron chi connectivity index (χ4n) is 2.34. The lowest BCUT2D eigenvalue weighted by atomic mass is 9.89. The van der Waals surface area contributed by atoms with Crippen molar-refractivity contribution in [2.75, 3.05) is 0 Å². The van der Waals surface area contributed by atoms with E-state index in [1.165, 1.54) is 5.56 Å². The van der Waals surface area contributed by atoms with Gasteiger partial charge in [-0.2, -0.15) is 0 Å². The van der Waals surface area contributed by atoms with E-state index in [0.29, 0.717) is 5.02 Å². The molecule has 1 N–H and O–H groups in total. The molecular formula is C12H13ClO2. The zero-order valence-corrected chi connectivity index (χ0v) is 9.29. The average Bonchev–Trinajstić information content (AvgIpc) is 2.61. The summed E-state index contributed by atoms with van der Waals surface area (Å²) in [5.41, 5.74) is 2.26. The predicted molar refractivity (Wildman–Crippen MR) is 59.3 cm³/mol. The van der Waals surface area contributed by atoms with Crippen LogP contribution >= 0.6 is 11.6 Å². The second-order valence-corrected chi connectivity index (χ2v) is 4.49. The van der Waals surface area contributed by atoms with Gasteiger partial charge in [-0.15, -0.1) is 0 Å². The van der Waals surface area contributed by atoms with Crippen LogP contribution in [-0.4, -0.2) is 11.1 Å². The molecule has 0 radical (unpaired) electrons. The first-order valence-electron chi connectivity index (χ1n) is 5.11. The highest BCUT2D eigenvalue weighted by atomic mass is 35.5. The van der Waals surface area contributed by atoms with E-state index in [9.17, 15) is 4.79 Å². The van der Waals surface area contributed by atoms with Crippen molar-refractivity contribution in [2.45, 2.75) is 25.7 Å². The van der Waals surface area contributed by atoms with Crippen molar-refractivity contribution in [3.05, 3.63) is 34.3 Å². The third-order valence-electron chi connectivity index (χ3n) is 3.23. The Labute approximate surface area is 93.9 Å². The Morgan fingerprint density at radius 1 is 1.60 bits per heavy atom. The Morgan fingerprint density at radius 2 is 2.33 bits per heavy atom. The number of aryl methyl sites for hydroxylation is 1. The molecule has 2 unspecified atom stereocenters. The lowest BCUT2D eigenvalue weighted by Gasteiger charge is -2.17.